The first-order chi connectivity index (χ1) is 42.8. The number of methoxy groups -OCH3 is 16. The molecule has 0 saturated heterocycles. The molecule has 9 rings (SSSR count). The molecule has 16 bridgehead atoms. The minimum atomic E-state index is 0.433. The molecule has 8 aromatic rings. The highest BCUT2D eigenvalue weighted by Crippen LogP contribution is 2.45. The van der Waals surface area contributed by atoms with Crippen LogP contribution in [-0.2, 0) is 51.4 Å². The van der Waals surface area contributed by atoms with Gasteiger partial charge in [0.15, 0.2) is 0 Å². The van der Waals surface area contributed by atoms with Crippen molar-refractivity contribution in [2.24, 2.45) is 0 Å². The lowest BCUT2D eigenvalue weighted by Gasteiger charge is -2.21. The molecule has 0 radical (unpaired) electrons. The average Bonchev–Trinajstić information content (AvgIpc) is 2.64. The Morgan fingerprint density at radius 2 is 0.193 bits per heavy atom. The smallest absolute Gasteiger partial charge is 0.126 e. The molecule has 0 aliphatic heterocycles. The van der Waals surface area contributed by atoms with E-state index >= 15 is 0 Å². The van der Waals surface area contributed by atoms with Crippen LogP contribution in [0.15, 0.2) is 97.1 Å². The first kappa shape index (κ1) is 63.1. The highest BCUT2D eigenvalue weighted by Gasteiger charge is 2.26. The number of hydrogen-bond donors (Lipinski definition) is 0. The minimum absolute atomic E-state index is 0.433. The fraction of sp³-hybridized carbons (Fsp3) is 0.333. The molecule has 0 unspecified atom stereocenters. The van der Waals surface area contributed by atoms with Crippen LogP contribution in [0.5, 0.6) is 92.0 Å². The van der Waals surface area contributed by atoms with Gasteiger partial charge < -0.3 is 75.8 Å². The fourth-order valence-corrected chi connectivity index (χ4v) is 12.1. The number of ether oxygens (including phenoxy) is 16. The number of rotatable bonds is 16. The first-order valence-electron chi connectivity index (χ1n) is 28.7. The molecule has 16 nitrogen and oxygen atoms in total. The third-order valence-corrected chi connectivity index (χ3v) is 16.5. The number of benzene rings is 8. The molecule has 0 N–H and O–H groups in total. The summed E-state index contributed by atoms with van der Waals surface area (Å²) in [5, 5.41) is 0. The van der Waals surface area contributed by atoms with Gasteiger partial charge in [0.25, 0.3) is 0 Å². The lowest BCUT2D eigenvalue weighted by Crippen LogP contribution is -2.06. The van der Waals surface area contributed by atoms with Gasteiger partial charge in [-0.15, -0.1) is 0 Å². The van der Waals surface area contributed by atoms with Crippen molar-refractivity contribution in [3.05, 3.63) is 186 Å². The van der Waals surface area contributed by atoms with E-state index in [4.69, 9.17) is 75.8 Å². The monoisotopic (exact) mass is 1200 g/mol. The normalized spacial score (nSPS) is 12.2. The van der Waals surface area contributed by atoms with Crippen LogP contribution in [0.4, 0.5) is 0 Å². The summed E-state index contributed by atoms with van der Waals surface area (Å²) < 4.78 is 97.8. The van der Waals surface area contributed by atoms with Crippen LogP contribution >= 0.6 is 0 Å². The summed E-state index contributed by atoms with van der Waals surface area (Å²) in [5.41, 5.74) is 14.5. The van der Waals surface area contributed by atoms with Gasteiger partial charge in [0.05, 0.1) is 114 Å². The van der Waals surface area contributed by atoms with E-state index in [1.165, 1.54) is 0 Å². The Hall–Kier alpha value is -9.44. The summed E-state index contributed by atoms with van der Waals surface area (Å²) in [4.78, 5) is 0. The van der Waals surface area contributed by atoms with Crippen molar-refractivity contribution in [1.82, 2.24) is 0 Å². The van der Waals surface area contributed by atoms with E-state index < -0.39 is 0 Å². The largest absolute Gasteiger partial charge is 0.496 e. The zero-order valence-electron chi connectivity index (χ0n) is 53.4. The highest BCUT2D eigenvalue weighted by molar-refractivity contribution is 5.62. The molecule has 8 aromatic carbocycles. The molecule has 0 saturated carbocycles. The van der Waals surface area contributed by atoms with Crippen molar-refractivity contribution in [3.63, 3.8) is 0 Å². The second kappa shape index (κ2) is 28.4. The van der Waals surface area contributed by atoms with Crippen LogP contribution in [-0.4, -0.2) is 114 Å². The Morgan fingerprint density at radius 1 is 0.125 bits per heavy atom. The molecule has 16 heteroatoms. The minimum Gasteiger partial charge on any atom is -0.496 e. The predicted molar refractivity (Wildman–Crippen MR) is 339 cm³/mol. The van der Waals surface area contributed by atoms with Gasteiger partial charge in [-0.3, -0.25) is 0 Å². The maximum Gasteiger partial charge on any atom is 0.126 e. The Kier molecular flexibility index (Phi) is 20.3. The molecule has 0 fully saturated rings. The van der Waals surface area contributed by atoms with E-state index in [0.717, 1.165) is 89.0 Å². The highest BCUT2D eigenvalue weighted by atomic mass is 16.5. The van der Waals surface area contributed by atoms with Gasteiger partial charge in [-0.1, -0.05) is 0 Å². The Labute approximate surface area is 516 Å². The van der Waals surface area contributed by atoms with Crippen LogP contribution in [0.25, 0.3) is 0 Å². The second-order valence-electron chi connectivity index (χ2n) is 21.2. The van der Waals surface area contributed by atoms with Gasteiger partial charge in [-0.25, -0.2) is 0 Å². The Balaban J connectivity index is 1.27. The molecule has 1 aliphatic carbocycles. The summed E-state index contributed by atoms with van der Waals surface area (Å²) in [6.45, 7) is 0. The van der Waals surface area contributed by atoms with Crippen molar-refractivity contribution in [2.45, 2.75) is 51.4 Å². The van der Waals surface area contributed by atoms with Crippen LogP contribution < -0.4 is 75.8 Å². The lowest BCUT2D eigenvalue weighted by atomic mass is 9.91. The third-order valence-electron chi connectivity index (χ3n) is 16.5. The molecule has 0 atom stereocenters. The molecule has 1 aliphatic rings. The summed E-state index contributed by atoms with van der Waals surface area (Å²) in [6, 6.07) is 32.5. The summed E-state index contributed by atoms with van der Waals surface area (Å²) >= 11 is 0. The van der Waals surface area contributed by atoms with Crippen molar-refractivity contribution in [1.29, 1.82) is 0 Å². The molecule has 0 amide bonds. The Bertz CT molecular complexity index is 2870. The number of fused-ring (bicyclic) bond motifs is 16. The van der Waals surface area contributed by atoms with Crippen molar-refractivity contribution in [3.8, 4) is 92.0 Å². The molecular weight excluding hydrogens is 1120 g/mol. The molecular formula is C72H80O16. The van der Waals surface area contributed by atoms with Crippen molar-refractivity contribution in [2.75, 3.05) is 114 Å². The van der Waals surface area contributed by atoms with Crippen LogP contribution in [0, 0.1) is 0 Å². The van der Waals surface area contributed by atoms with Crippen molar-refractivity contribution < 1.29 is 75.8 Å². The molecule has 0 spiro atoms. The maximum atomic E-state index is 6.11. The van der Waals surface area contributed by atoms with Gasteiger partial charge in [-0.2, -0.15) is 0 Å². The van der Waals surface area contributed by atoms with Crippen LogP contribution in [0.3, 0.4) is 0 Å². The molecule has 464 valence electrons. The summed E-state index contributed by atoms with van der Waals surface area (Å²) in [7, 11) is 26.6. The van der Waals surface area contributed by atoms with Crippen LogP contribution in [0.2, 0.25) is 0 Å². The summed E-state index contributed by atoms with van der Waals surface area (Å²) in [5.74, 6) is 10.4. The quantitative estimate of drug-likeness (QED) is 0.0902. The molecule has 0 aromatic heterocycles. The fourth-order valence-electron chi connectivity index (χ4n) is 12.1. The van der Waals surface area contributed by atoms with Gasteiger partial charge in [0.1, 0.15) is 92.0 Å². The maximum absolute atomic E-state index is 6.11. The summed E-state index contributed by atoms with van der Waals surface area (Å²) in [6.07, 6.45) is 3.47. The van der Waals surface area contributed by atoms with E-state index in [1.807, 2.05) is 48.5 Å². The lowest BCUT2D eigenvalue weighted by molar-refractivity contribution is 0.383. The third kappa shape index (κ3) is 13.1. The van der Waals surface area contributed by atoms with Gasteiger partial charge in [0, 0.05) is 99.9 Å². The zero-order chi connectivity index (χ0) is 62.8. The van der Waals surface area contributed by atoms with Gasteiger partial charge in [0.2, 0.25) is 0 Å². The van der Waals surface area contributed by atoms with Crippen molar-refractivity contribution >= 4 is 0 Å². The van der Waals surface area contributed by atoms with E-state index in [-0.39, 0.29) is 0 Å². The van der Waals surface area contributed by atoms with Gasteiger partial charge >= 0.3 is 0 Å². The van der Waals surface area contributed by atoms with E-state index in [0.29, 0.717) is 143 Å². The molecule has 0 heterocycles. The predicted octanol–water partition coefficient (Wildman–Crippen LogP) is 12.9. The first-order valence-corrected chi connectivity index (χ1v) is 28.7. The molecule has 88 heavy (non-hydrogen) atoms. The van der Waals surface area contributed by atoms with E-state index in [2.05, 4.69) is 48.5 Å². The Morgan fingerprint density at radius 3 is 0.250 bits per heavy atom. The van der Waals surface area contributed by atoms with Crippen LogP contribution in [0.1, 0.15) is 89.0 Å². The second-order valence-corrected chi connectivity index (χ2v) is 21.2. The zero-order valence-corrected chi connectivity index (χ0v) is 53.4. The standard InChI is InChI=1S/C72H80O16/c1-73-57-33-58(74-2)42-17-41(57)25-43-18-44(60(76-4)34-59(43)75-3)27-47-20-48(64(80-8)36-63(47)79-7)29-51-22-52(68(84-12)38-67(51)83-11)31-55-24-56(72(88-16)40-71(55)87-15)32-54-23-53(69(85-13)39-70(54)86-14)30-50-21-49(65(81-9)37-66(50)82-10)28-46-19-45(26-42)61(77-5)35-62(46)78-6/h17-24,33-40H,25-32H2,1-16H3. The van der Waals surface area contributed by atoms with Gasteiger partial charge in [-0.05, 0) is 138 Å². The number of hydrogen-bond acceptors (Lipinski definition) is 16. The SMILES string of the molecule is COc1cc(OC)c2cc1Cc1cc(c(OC)cc1OC)Cc1cc(c(OC)cc1OC)Cc1cc(c(OC)cc1OC)Cc1cc(c(OC)cc1OC)Cc1cc(c(OC)cc1OC)Cc1cc(c(OC)cc1OC)Cc1cc(c(OC)cc1OC)C2. The topological polar surface area (TPSA) is 148 Å². The van der Waals surface area contributed by atoms with E-state index in [9.17, 15) is 0 Å². The average molecular weight is 1200 g/mol. The van der Waals surface area contributed by atoms with E-state index in [1.54, 1.807) is 114 Å².